The molecule has 0 aliphatic rings. The molecule has 0 saturated carbocycles. The van der Waals surface area contributed by atoms with Crippen molar-refractivity contribution >= 4 is 11.7 Å². The average Bonchev–Trinajstić information content (AvgIpc) is 2.00. The minimum atomic E-state index is -0.721. The molecule has 0 bridgehead atoms. The highest BCUT2D eigenvalue weighted by atomic mass is 16.5. The monoisotopic (exact) mass is 189 g/mol. The molecule has 0 spiro atoms. The summed E-state index contributed by atoms with van der Waals surface area (Å²) in [7, 11) is 1.46. The van der Waals surface area contributed by atoms with Gasteiger partial charge < -0.3 is 15.2 Å². The third-order valence-corrected chi connectivity index (χ3v) is 1.30. The first kappa shape index (κ1) is 12.1. The Balaban J connectivity index is 3.51. The minimum absolute atomic E-state index is 0.111. The minimum Gasteiger partial charge on any atom is -0.389 e. The molecule has 0 radical (unpaired) electrons. The number of hydrogen-bond donors (Lipinski definition) is 2. The van der Waals surface area contributed by atoms with E-state index in [0.29, 0.717) is 0 Å². The zero-order chi connectivity index (χ0) is 10.3. The van der Waals surface area contributed by atoms with Crippen molar-refractivity contribution in [2.75, 3.05) is 20.3 Å². The summed E-state index contributed by atoms with van der Waals surface area (Å²) in [4.78, 5) is 21.4. The van der Waals surface area contributed by atoms with Gasteiger partial charge in [0.1, 0.15) is 5.78 Å². The first-order valence-corrected chi connectivity index (χ1v) is 3.99. The van der Waals surface area contributed by atoms with Crippen molar-refractivity contribution in [1.82, 2.24) is 5.32 Å². The molecule has 0 aliphatic carbocycles. The Labute approximate surface area is 77.1 Å². The summed E-state index contributed by atoms with van der Waals surface area (Å²) in [5, 5.41) is 11.5. The van der Waals surface area contributed by atoms with Gasteiger partial charge in [-0.15, -0.1) is 0 Å². The van der Waals surface area contributed by atoms with Crippen molar-refractivity contribution in [2.45, 2.75) is 19.4 Å². The van der Waals surface area contributed by atoms with Gasteiger partial charge in [0.25, 0.3) is 0 Å². The highest BCUT2D eigenvalue weighted by Crippen LogP contribution is 1.84. The van der Waals surface area contributed by atoms with Crippen molar-refractivity contribution < 1.29 is 19.4 Å². The summed E-state index contributed by atoms with van der Waals surface area (Å²) in [6.07, 6.45) is -0.861. The lowest BCUT2D eigenvalue weighted by molar-refractivity contribution is -0.127. The van der Waals surface area contributed by atoms with Gasteiger partial charge in [0.05, 0.1) is 19.1 Å². The number of aliphatic hydroxyl groups excluding tert-OH is 1. The smallest absolute Gasteiger partial charge is 0.227 e. The van der Waals surface area contributed by atoms with E-state index in [-0.39, 0.29) is 31.3 Å². The standard InChI is InChI=1S/C8H15NO4/c1-6(10)3-8(12)9-4-7(11)5-13-2/h7,11H,3-5H2,1-2H3,(H,9,12). The van der Waals surface area contributed by atoms with Crippen LogP contribution in [0, 0.1) is 0 Å². The van der Waals surface area contributed by atoms with E-state index < -0.39 is 6.10 Å². The van der Waals surface area contributed by atoms with E-state index in [2.05, 4.69) is 10.1 Å². The van der Waals surface area contributed by atoms with Gasteiger partial charge in [0, 0.05) is 13.7 Å². The van der Waals surface area contributed by atoms with Crippen LogP contribution in [0.2, 0.25) is 0 Å². The number of carbonyl (C=O) groups excluding carboxylic acids is 2. The SMILES string of the molecule is COCC(O)CNC(=O)CC(C)=O. The van der Waals surface area contributed by atoms with Gasteiger partial charge >= 0.3 is 0 Å². The second-order valence-corrected chi connectivity index (χ2v) is 2.79. The Morgan fingerprint density at radius 1 is 1.54 bits per heavy atom. The second kappa shape index (κ2) is 6.56. The molecule has 0 heterocycles. The van der Waals surface area contributed by atoms with Crippen molar-refractivity contribution in [3.05, 3.63) is 0 Å². The topological polar surface area (TPSA) is 75.6 Å². The van der Waals surface area contributed by atoms with Crippen molar-refractivity contribution in [3.63, 3.8) is 0 Å². The molecule has 5 nitrogen and oxygen atoms in total. The second-order valence-electron chi connectivity index (χ2n) is 2.79. The molecule has 1 amide bonds. The van der Waals surface area contributed by atoms with Crippen LogP contribution in [-0.2, 0) is 14.3 Å². The summed E-state index contributed by atoms with van der Waals surface area (Å²) in [6.45, 7) is 1.62. The number of hydrogen-bond acceptors (Lipinski definition) is 4. The Kier molecular flexibility index (Phi) is 6.09. The van der Waals surface area contributed by atoms with Gasteiger partial charge in [0.15, 0.2) is 0 Å². The zero-order valence-corrected chi connectivity index (χ0v) is 7.87. The first-order chi connectivity index (χ1) is 6.06. The number of ketones is 1. The molecule has 0 aromatic rings. The highest BCUT2D eigenvalue weighted by molar-refractivity contribution is 5.96. The number of nitrogens with one attached hydrogen (secondary N) is 1. The fraction of sp³-hybridized carbons (Fsp3) is 0.750. The number of ether oxygens (including phenoxy) is 1. The van der Waals surface area contributed by atoms with Gasteiger partial charge in [-0.2, -0.15) is 0 Å². The lowest BCUT2D eigenvalue weighted by Gasteiger charge is -2.09. The van der Waals surface area contributed by atoms with Crippen LogP contribution in [0.15, 0.2) is 0 Å². The van der Waals surface area contributed by atoms with Crippen LogP contribution in [0.4, 0.5) is 0 Å². The number of amides is 1. The summed E-state index contributed by atoms with van der Waals surface area (Å²) in [6, 6.07) is 0. The Bertz CT molecular complexity index is 181. The molecular weight excluding hydrogens is 174 g/mol. The number of rotatable bonds is 6. The Morgan fingerprint density at radius 3 is 2.62 bits per heavy atom. The van der Waals surface area contributed by atoms with E-state index in [0.717, 1.165) is 0 Å². The third kappa shape index (κ3) is 7.42. The van der Waals surface area contributed by atoms with Gasteiger partial charge in [-0.05, 0) is 6.92 Å². The quantitative estimate of drug-likeness (QED) is 0.530. The molecule has 76 valence electrons. The summed E-state index contributed by atoms with van der Waals surface area (Å²) in [5.74, 6) is -0.568. The maximum atomic E-state index is 10.9. The molecule has 2 N–H and O–H groups in total. The van der Waals surface area contributed by atoms with E-state index >= 15 is 0 Å². The number of carbonyl (C=O) groups is 2. The van der Waals surface area contributed by atoms with Crippen LogP contribution >= 0.6 is 0 Å². The molecule has 5 heteroatoms. The van der Waals surface area contributed by atoms with E-state index in [9.17, 15) is 9.59 Å². The predicted molar refractivity (Wildman–Crippen MR) is 46.2 cm³/mol. The van der Waals surface area contributed by atoms with Crippen molar-refractivity contribution in [3.8, 4) is 0 Å². The number of aliphatic hydroxyl groups is 1. The molecule has 13 heavy (non-hydrogen) atoms. The lowest BCUT2D eigenvalue weighted by Crippen LogP contribution is -2.34. The fourth-order valence-electron chi connectivity index (χ4n) is 0.772. The highest BCUT2D eigenvalue weighted by Gasteiger charge is 2.07. The van der Waals surface area contributed by atoms with Crippen molar-refractivity contribution in [2.24, 2.45) is 0 Å². The van der Waals surface area contributed by atoms with Crippen LogP contribution in [0.1, 0.15) is 13.3 Å². The van der Waals surface area contributed by atoms with Crippen molar-refractivity contribution in [1.29, 1.82) is 0 Å². The van der Waals surface area contributed by atoms with Gasteiger partial charge in [-0.25, -0.2) is 0 Å². The molecule has 0 aromatic carbocycles. The zero-order valence-electron chi connectivity index (χ0n) is 7.87. The average molecular weight is 189 g/mol. The molecule has 1 unspecified atom stereocenters. The van der Waals surface area contributed by atoms with Gasteiger partial charge in [-0.1, -0.05) is 0 Å². The van der Waals surface area contributed by atoms with Crippen LogP contribution < -0.4 is 5.32 Å². The molecule has 0 aromatic heterocycles. The first-order valence-electron chi connectivity index (χ1n) is 3.99. The molecule has 1 atom stereocenters. The van der Waals surface area contributed by atoms with E-state index in [1.54, 1.807) is 0 Å². The van der Waals surface area contributed by atoms with Crippen LogP contribution in [-0.4, -0.2) is 43.2 Å². The van der Waals surface area contributed by atoms with E-state index in [1.165, 1.54) is 14.0 Å². The van der Waals surface area contributed by atoms with Crippen LogP contribution in [0.3, 0.4) is 0 Å². The summed E-state index contributed by atoms with van der Waals surface area (Å²) < 4.78 is 4.65. The summed E-state index contributed by atoms with van der Waals surface area (Å²) in [5.41, 5.74) is 0. The lowest BCUT2D eigenvalue weighted by atomic mass is 10.3. The van der Waals surface area contributed by atoms with Crippen LogP contribution in [0.5, 0.6) is 0 Å². The van der Waals surface area contributed by atoms with E-state index in [4.69, 9.17) is 5.11 Å². The Morgan fingerprint density at radius 2 is 2.15 bits per heavy atom. The molecule has 0 rings (SSSR count). The maximum Gasteiger partial charge on any atom is 0.227 e. The van der Waals surface area contributed by atoms with Gasteiger partial charge in [0.2, 0.25) is 5.91 Å². The Hall–Kier alpha value is -0.940. The number of Topliss-reactive ketones (excluding diaryl/α,β-unsaturated/α-hetero) is 1. The molecular formula is C8H15NO4. The summed E-state index contributed by atoms with van der Waals surface area (Å²) >= 11 is 0. The predicted octanol–water partition coefficient (Wildman–Crippen LogP) is -0.911. The normalized spacial score (nSPS) is 12.2. The molecule has 0 aliphatic heterocycles. The van der Waals surface area contributed by atoms with E-state index in [1.807, 2.05) is 0 Å². The number of methoxy groups -OCH3 is 1. The largest absolute Gasteiger partial charge is 0.389 e. The molecule has 0 saturated heterocycles. The molecule has 0 fully saturated rings. The van der Waals surface area contributed by atoms with Gasteiger partial charge in [-0.3, -0.25) is 9.59 Å². The van der Waals surface area contributed by atoms with Crippen LogP contribution in [0.25, 0.3) is 0 Å². The third-order valence-electron chi connectivity index (χ3n) is 1.30. The maximum absolute atomic E-state index is 10.9. The fourth-order valence-corrected chi connectivity index (χ4v) is 0.772.